The lowest BCUT2D eigenvalue weighted by molar-refractivity contribution is -0.156. The van der Waals surface area contributed by atoms with E-state index in [0.717, 1.165) is 47.6 Å². The first-order valence-electron chi connectivity index (χ1n) is 13.5. The van der Waals surface area contributed by atoms with E-state index < -0.39 is 38.3 Å². The monoisotopic (exact) mass is 636 g/mol. The first-order chi connectivity index (χ1) is 20.0. The van der Waals surface area contributed by atoms with Crippen LogP contribution in [0, 0.1) is 5.92 Å². The Bertz CT molecular complexity index is 1650. The molecule has 11 nitrogen and oxygen atoms in total. The van der Waals surface area contributed by atoms with Crippen molar-refractivity contribution in [2.75, 3.05) is 51.1 Å². The summed E-state index contributed by atoms with van der Waals surface area (Å²) in [6.07, 6.45) is 4.01. The Hall–Kier alpha value is -2.81. The Kier molecular flexibility index (Phi) is 9.07. The van der Waals surface area contributed by atoms with Crippen LogP contribution < -0.4 is 4.90 Å². The summed E-state index contributed by atoms with van der Waals surface area (Å²) >= 11 is 6.07. The van der Waals surface area contributed by atoms with E-state index in [0.29, 0.717) is 17.0 Å². The molecule has 2 aromatic carbocycles. The number of piperazine rings is 1. The van der Waals surface area contributed by atoms with Gasteiger partial charge in [-0.1, -0.05) is 23.7 Å². The van der Waals surface area contributed by atoms with Gasteiger partial charge in [-0.05, 0) is 65.9 Å². The first kappa shape index (κ1) is 30.6. The van der Waals surface area contributed by atoms with E-state index in [-0.39, 0.29) is 24.0 Å². The first-order valence-corrected chi connectivity index (χ1v) is 17.1. The molecule has 1 amide bonds. The highest BCUT2D eigenvalue weighted by Crippen LogP contribution is 2.31. The van der Waals surface area contributed by atoms with Crippen LogP contribution in [0.3, 0.4) is 0 Å². The summed E-state index contributed by atoms with van der Waals surface area (Å²) in [4.78, 5) is 21.7. The van der Waals surface area contributed by atoms with Crippen LogP contribution in [-0.4, -0.2) is 95.4 Å². The molecule has 2 aliphatic rings. The van der Waals surface area contributed by atoms with Gasteiger partial charge >= 0.3 is 0 Å². The second-order valence-corrected chi connectivity index (χ2v) is 14.5. The molecule has 2 aliphatic heterocycles. The van der Waals surface area contributed by atoms with E-state index >= 15 is 0 Å². The van der Waals surface area contributed by atoms with Gasteiger partial charge in [0.05, 0.1) is 23.8 Å². The van der Waals surface area contributed by atoms with Gasteiger partial charge in [-0.2, -0.15) is 12.7 Å². The molecule has 14 heteroatoms. The maximum Gasteiger partial charge on any atom is 0.269 e. The lowest BCUT2D eigenvalue weighted by atomic mass is 9.94. The largest absolute Gasteiger partial charge is 0.382 e. The van der Waals surface area contributed by atoms with Crippen LogP contribution in [0.5, 0.6) is 0 Å². The molecular weight excluding hydrogens is 604 g/mol. The number of hydrogen-bond donors (Lipinski definition) is 0. The molecule has 0 radical (unpaired) electrons. The number of methoxy groups -OCH3 is 1. The summed E-state index contributed by atoms with van der Waals surface area (Å²) in [5.41, 5.74) is 1.08. The van der Waals surface area contributed by atoms with Crippen LogP contribution in [0.1, 0.15) is 12.8 Å². The van der Waals surface area contributed by atoms with E-state index in [1.54, 1.807) is 36.7 Å². The summed E-state index contributed by atoms with van der Waals surface area (Å²) in [6.45, 7) is 1.75. The normalized spacial score (nSPS) is 21.3. The number of nitrogens with zero attached hydrogens (tertiary/aromatic N) is 4. The third kappa shape index (κ3) is 6.71. The molecule has 226 valence electrons. The van der Waals surface area contributed by atoms with E-state index in [9.17, 15) is 21.6 Å². The zero-order valence-corrected chi connectivity index (χ0v) is 25.7. The predicted octanol–water partition coefficient (Wildman–Crippen LogP) is 2.96. The Labute approximate surface area is 251 Å². The van der Waals surface area contributed by atoms with Crippen LogP contribution >= 0.6 is 11.6 Å². The standard InChI is InChI=1S/C28H33ClN4O7S2/c1-39-19-25-18-33(42(37,38)26-6-4-21-15-23(29)5-3-22(21)16-26)28(40-41(2,35)36)27(34)32(25)17-20-9-13-31(14-10-20)24-7-11-30-12-8-24/h3-8,11-12,15-16,20,25,28H,9-10,13-14,17-19H2,1-2H3/t25-,28?/m1/s1. The molecule has 2 saturated heterocycles. The number of ether oxygens (including phenoxy) is 1. The highest BCUT2D eigenvalue weighted by atomic mass is 35.5. The third-order valence-electron chi connectivity index (χ3n) is 7.69. The summed E-state index contributed by atoms with van der Waals surface area (Å²) in [6, 6.07) is 12.8. The van der Waals surface area contributed by atoms with Gasteiger partial charge in [0.1, 0.15) is 0 Å². The minimum absolute atomic E-state index is 0.0649. The van der Waals surface area contributed by atoms with Gasteiger partial charge in [0, 0.05) is 56.4 Å². The minimum Gasteiger partial charge on any atom is -0.382 e. The van der Waals surface area contributed by atoms with Crippen molar-refractivity contribution in [2.45, 2.75) is 30.0 Å². The SMILES string of the molecule is COC[C@H]1CN(S(=O)(=O)c2ccc3cc(Cl)ccc3c2)C(OS(C)(=O)=O)C(=O)N1CC1CCN(c2ccncc2)CC1. The smallest absolute Gasteiger partial charge is 0.269 e. The quantitative estimate of drug-likeness (QED) is 0.326. The Morgan fingerprint density at radius 1 is 0.976 bits per heavy atom. The van der Waals surface area contributed by atoms with Crippen molar-refractivity contribution < 1.29 is 30.6 Å². The van der Waals surface area contributed by atoms with Gasteiger partial charge in [0.25, 0.3) is 16.0 Å². The number of amides is 1. The van der Waals surface area contributed by atoms with Crippen molar-refractivity contribution in [3.05, 3.63) is 65.9 Å². The molecule has 0 aliphatic carbocycles. The number of sulfonamides is 1. The molecule has 1 unspecified atom stereocenters. The molecular formula is C28H33ClN4O7S2. The second kappa shape index (κ2) is 12.4. The molecule has 1 aromatic heterocycles. The molecule has 42 heavy (non-hydrogen) atoms. The molecule has 3 heterocycles. The molecule has 5 rings (SSSR count). The fraction of sp³-hybridized carbons (Fsp3) is 0.429. The Morgan fingerprint density at radius 3 is 2.31 bits per heavy atom. The Balaban J connectivity index is 1.41. The van der Waals surface area contributed by atoms with Crippen molar-refractivity contribution >= 4 is 54.1 Å². The topological polar surface area (TPSA) is 126 Å². The van der Waals surface area contributed by atoms with Crippen LogP contribution in [0.4, 0.5) is 5.69 Å². The third-order valence-corrected chi connectivity index (χ3v) is 10.3. The fourth-order valence-corrected chi connectivity index (χ4v) is 7.89. The Morgan fingerprint density at radius 2 is 1.64 bits per heavy atom. The van der Waals surface area contributed by atoms with Crippen LogP contribution in [0.2, 0.25) is 5.02 Å². The van der Waals surface area contributed by atoms with Gasteiger partial charge in [-0.3, -0.25) is 9.78 Å². The van der Waals surface area contributed by atoms with E-state index in [2.05, 4.69) is 9.88 Å². The van der Waals surface area contributed by atoms with Crippen molar-refractivity contribution in [1.29, 1.82) is 0 Å². The van der Waals surface area contributed by atoms with Crippen LogP contribution in [0.25, 0.3) is 10.8 Å². The van der Waals surface area contributed by atoms with Crippen LogP contribution in [-0.2, 0) is 33.9 Å². The fourth-order valence-electron chi connectivity index (χ4n) is 5.60. The lowest BCUT2D eigenvalue weighted by Gasteiger charge is -2.45. The van der Waals surface area contributed by atoms with Crippen LogP contribution in [0.15, 0.2) is 65.8 Å². The zero-order chi connectivity index (χ0) is 30.1. The molecule has 3 aromatic rings. The van der Waals surface area contributed by atoms with Gasteiger partial charge in [0.15, 0.2) is 0 Å². The van der Waals surface area contributed by atoms with Gasteiger partial charge in [-0.25, -0.2) is 12.6 Å². The van der Waals surface area contributed by atoms with Crippen molar-refractivity contribution in [1.82, 2.24) is 14.2 Å². The molecule has 0 N–H and O–H groups in total. The number of anilines is 1. The number of halogens is 1. The predicted molar refractivity (Wildman–Crippen MR) is 159 cm³/mol. The number of carbonyl (C=O) groups excluding carboxylic acids is 1. The highest BCUT2D eigenvalue weighted by molar-refractivity contribution is 7.89. The number of aromatic nitrogens is 1. The summed E-state index contributed by atoms with van der Waals surface area (Å²) in [7, 11) is -7.10. The summed E-state index contributed by atoms with van der Waals surface area (Å²) < 4.78 is 63.9. The van der Waals surface area contributed by atoms with Crippen molar-refractivity contribution in [2.24, 2.45) is 5.92 Å². The average Bonchev–Trinajstić information content (AvgIpc) is 2.96. The minimum atomic E-state index is -4.37. The van der Waals surface area contributed by atoms with Gasteiger partial charge in [-0.15, -0.1) is 0 Å². The maximum atomic E-state index is 14.0. The average molecular weight is 637 g/mol. The second-order valence-electron chi connectivity index (χ2n) is 10.6. The molecule has 0 bridgehead atoms. The highest BCUT2D eigenvalue weighted by Gasteiger charge is 2.49. The van der Waals surface area contributed by atoms with E-state index in [1.165, 1.54) is 24.1 Å². The summed E-state index contributed by atoms with van der Waals surface area (Å²) in [5, 5.41) is 1.86. The molecule has 0 saturated carbocycles. The number of piperidine rings is 1. The number of carbonyl (C=O) groups is 1. The van der Waals surface area contributed by atoms with Gasteiger partial charge in [0.2, 0.25) is 16.3 Å². The number of hydrogen-bond acceptors (Lipinski definition) is 9. The van der Waals surface area contributed by atoms with Gasteiger partial charge < -0.3 is 14.5 Å². The molecule has 0 spiro atoms. The maximum absolute atomic E-state index is 14.0. The summed E-state index contributed by atoms with van der Waals surface area (Å²) in [5.74, 6) is -0.609. The zero-order valence-electron chi connectivity index (χ0n) is 23.3. The lowest BCUT2D eigenvalue weighted by Crippen LogP contribution is -2.65. The van der Waals surface area contributed by atoms with Crippen molar-refractivity contribution in [3.8, 4) is 0 Å². The molecule has 2 fully saturated rings. The molecule has 2 atom stereocenters. The van der Waals surface area contributed by atoms with Crippen molar-refractivity contribution in [3.63, 3.8) is 0 Å². The number of benzene rings is 2. The van der Waals surface area contributed by atoms with E-state index in [4.69, 9.17) is 20.5 Å². The number of rotatable bonds is 9. The van der Waals surface area contributed by atoms with E-state index in [1.807, 2.05) is 12.1 Å². The number of pyridine rings is 1. The number of fused-ring (bicyclic) bond motifs is 1.